The van der Waals surface area contributed by atoms with Gasteiger partial charge < -0.3 is 9.88 Å². The van der Waals surface area contributed by atoms with E-state index in [2.05, 4.69) is 28.0 Å². The van der Waals surface area contributed by atoms with Gasteiger partial charge >= 0.3 is 0 Å². The Bertz CT molecular complexity index is 318. The Balaban J connectivity index is 2.06. The van der Waals surface area contributed by atoms with Crippen molar-refractivity contribution in [2.24, 2.45) is 0 Å². The minimum Gasteiger partial charge on any atom is -0.359 e. The molecular formula is C15H29N3. The van der Waals surface area contributed by atoms with Gasteiger partial charge in [-0.1, -0.05) is 51.9 Å². The van der Waals surface area contributed by atoms with Crippen LogP contribution in [0.25, 0.3) is 0 Å². The fraction of sp³-hybridized carbons (Fsp3) is 0.800. The molecule has 3 heteroatoms. The summed E-state index contributed by atoms with van der Waals surface area (Å²) in [6.45, 7) is 5.41. The molecule has 0 saturated heterocycles. The van der Waals surface area contributed by atoms with Crippen LogP contribution in [0.3, 0.4) is 0 Å². The molecule has 0 aliphatic rings. The average molecular weight is 251 g/mol. The van der Waals surface area contributed by atoms with Crippen molar-refractivity contribution in [3.05, 3.63) is 11.9 Å². The number of unbranched alkanes of at least 4 members (excludes halogenated alkanes) is 7. The maximum absolute atomic E-state index is 4.43. The van der Waals surface area contributed by atoms with Crippen molar-refractivity contribution in [3.63, 3.8) is 0 Å². The number of rotatable bonds is 10. The molecule has 0 spiro atoms. The maximum atomic E-state index is 4.43. The van der Waals surface area contributed by atoms with Crippen LogP contribution >= 0.6 is 0 Å². The summed E-state index contributed by atoms with van der Waals surface area (Å²) >= 11 is 0. The molecule has 0 radical (unpaired) electrons. The van der Waals surface area contributed by atoms with Crippen molar-refractivity contribution in [2.45, 2.75) is 71.8 Å². The van der Waals surface area contributed by atoms with Gasteiger partial charge in [0.2, 0.25) is 5.95 Å². The van der Waals surface area contributed by atoms with Gasteiger partial charge in [0.05, 0.1) is 5.69 Å². The quantitative estimate of drug-likeness (QED) is 0.626. The predicted octanol–water partition coefficient (Wildman–Crippen LogP) is 4.37. The van der Waals surface area contributed by atoms with Crippen molar-refractivity contribution in [1.29, 1.82) is 0 Å². The van der Waals surface area contributed by atoms with E-state index in [1.807, 2.05) is 14.0 Å². The second kappa shape index (κ2) is 9.01. The van der Waals surface area contributed by atoms with Crippen molar-refractivity contribution < 1.29 is 0 Å². The van der Waals surface area contributed by atoms with Gasteiger partial charge in [-0.3, -0.25) is 0 Å². The molecule has 0 amide bonds. The molecule has 0 atom stereocenters. The molecule has 1 aromatic rings. The van der Waals surface area contributed by atoms with Crippen LogP contribution in [0, 0.1) is 6.92 Å². The Hall–Kier alpha value is -0.990. The monoisotopic (exact) mass is 251 g/mol. The Morgan fingerprint density at radius 3 is 2.28 bits per heavy atom. The lowest BCUT2D eigenvalue weighted by Gasteiger charge is -2.06. The first-order chi connectivity index (χ1) is 8.77. The zero-order valence-electron chi connectivity index (χ0n) is 12.3. The Morgan fingerprint density at radius 2 is 1.67 bits per heavy atom. The van der Waals surface area contributed by atoms with Gasteiger partial charge in [-0.05, 0) is 13.3 Å². The lowest BCUT2D eigenvalue weighted by Crippen LogP contribution is -2.02. The highest BCUT2D eigenvalue weighted by atomic mass is 15.2. The highest BCUT2D eigenvalue weighted by Crippen LogP contribution is 2.12. The van der Waals surface area contributed by atoms with Gasteiger partial charge in [0.25, 0.3) is 0 Å². The minimum absolute atomic E-state index is 0.996. The van der Waals surface area contributed by atoms with Crippen LogP contribution in [0.2, 0.25) is 0 Å². The average Bonchev–Trinajstić information content (AvgIpc) is 2.73. The van der Waals surface area contributed by atoms with Gasteiger partial charge in [-0.2, -0.15) is 0 Å². The molecule has 1 aromatic heterocycles. The minimum atomic E-state index is 0.996. The summed E-state index contributed by atoms with van der Waals surface area (Å²) in [4.78, 5) is 4.43. The summed E-state index contributed by atoms with van der Waals surface area (Å²) in [6, 6.07) is 0. The topological polar surface area (TPSA) is 29.9 Å². The van der Waals surface area contributed by atoms with E-state index in [1.165, 1.54) is 51.4 Å². The number of hydrogen-bond donors (Lipinski definition) is 1. The van der Waals surface area contributed by atoms with Crippen LogP contribution in [-0.4, -0.2) is 16.6 Å². The van der Waals surface area contributed by atoms with Crippen molar-refractivity contribution >= 4 is 5.95 Å². The van der Waals surface area contributed by atoms with Crippen molar-refractivity contribution in [3.8, 4) is 0 Å². The largest absolute Gasteiger partial charge is 0.359 e. The van der Waals surface area contributed by atoms with Gasteiger partial charge in [0.15, 0.2) is 0 Å². The molecule has 0 aliphatic carbocycles. The van der Waals surface area contributed by atoms with Gasteiger partial charge in [0, 0.05) is 19.8 Å². The summed E-state index contributed by atoms with van der Waals surface area (Å²) in [5.74, 6) is 0.996. The summed E-state index contributed by atoms with van der Waals surface area (Å²) in [5.41, 5.74) is 1.10. The first-order valence-corrected chi connectivity index (χ1v) is 7.49. The highest BCUT2D eigenvalue weighted by Gasteiger charge is 2.02. The molecule has 1 rings (SSSR count). The number of aromatic nitrogens is 2. The first kappa shape index (κ1) is 15.1. The number of imidazole rings is 1. The van der Waals surface area contributed by atoms with Crippen LogP contribution in [0.1, 0.15) is 64.0 Å². The fourth-order valence-electron chi connectivity index (χ4n) is 2.33. The number of nitrogens with zero attached hydrogens (tertiary/aromatic N) is 2. The SMILES string of the molecule is CCCCCCCCCCn1cc(C)nc1NC. The highest BCUT2D eigenvalue weighted by molar-refractivity contribution is 5.27. The molecule has 0 aromatic carbocycles. The molecule has 1 N–H and O–H groups in total. The van der Waals surface area contributed by atoms with Gasteiger partial charge in [-0.15, -0.1) is 0 Å². The Kier molecular flexibility index (Phi) is 7.54. The smallest absolute Gasteiger partial charge is 0.202 e. The lowest BCUT2D eigenvalue weighted by atomic mass is 10.1. The van der Waals surface area contributed by atoms with E-state index in [0.29, 0.717) is 0 Å². The van der Waals surface area contributed by atoms with Gasteiger partial charge in [0.1, 0.15) is 0 Å². The molecule has 0 aliphatic heterocycles. The molecule has 0 bridgehead atoms. The van der Waals surface area contributed by atoms with E-state index in [0.717, 1.165) is 18.2 Å². The third kappa shape index (κ3) is 5.56. The molecule has 0 fully saturated rings. The molecule has 1 heterocycles. The molecule has 104 valence electrons. The number of anilines is 1. The number of nitrogens with one attached hydrogen (secondary N) is 1. The number of hydrogen-bond acceptors (Lipinski definition) is 2. The summed E-state index contributed by atoms with van der Waals surface area (Å²) in [7, 11) is 1.94. The van der Waals surface area contributed by atoms with E-state index in [-0.39, 0.29) is 0 Å². The molecular weight excluding hydrogens is 222 g/mol. The standard InChI is InChI=1S/C15H29N3/c1-4-5-6-7-8-9-10-11-12-18-13-14(2)17-15(18)16-3/h13H,4-12H2,1-3H3,(H,16,17). The van der Waals surface area contributed by atoms with Crippen LogP contribution in [0.4, 0.5) is 5.95 Å². The zero-order chi connectivity index (χ0) is 13.2. The van der Waals surface area contributed by atoms with Crippen LogP contribution < -0.4 is 5.32 Å². The van der Waals surface area contributed by atoms with E-state index >= 15 is 0 Å². The van der Waals surface area contributed by atoms with E-state index in [1.54, 1.807) is 0 Å². The van der Waals surface area contributed by atoms with E-state index < -0.39 is 0 Å². The van der Waals surface area contributed by atoms with Crippen LogP contribution in [-0.2, 0) is 6.54 Å². The zero-order valence-corrected chi connectivity index (χ0v) is 12.3. The lowest BCUT2D eigenvalue weighted by molar-refractivity contribution is 0.545. The van der Waals surface area contributed by atoms with Crippen LogP contribution in [0.15, 0.2) is 6.20 Å². The summed E-state index contributed by atoms with van der Waals surface area (Å²) < 4.78 is 2.23. The second-order valence-electron chi connectivity index (χ2n) is 5.12. The first-order valence-electron chi connectivity index (χ1n) is 7.49. The molecule has 18 heavy (non-hydrogen) atoms. The molecule has 0 saturated carbocycles. The fourth-order valence-corrected chi connectivity index (χ4v) is 2.33. The normalized spacial score (nSPS) is 10.8. The maximum Gasteiger partial charge on any atom is 0.202 e. The summed E-state index contributed by atoms with van der Waals surface area (Å²) in [6.07, 6.45) is 13.1. The van der Waals surface area contributed by atoms with Gasteiger partial charge in [-0.25, -0.2) is 4.98 Å². The third-order valence-corrected chi connectivity index (χ3v) is 3.37. The number of aryl methyl sites for hydroxylation is 2. The third-order valence-electron chi connectivity index (χ3n) is 3.37. The van der Waals surface area contributed by atoms with Crippen molar-refractivity contribution in [1.82, 2.24) is 9.55 Å². The van der Waals surface area contributed by atoms with Crippen LogP contribution in [0.5, 0.6) is 0 Å². The van der Waals surface area contributed by atoms with E-state index in [4.69, 9.17) is 0 Å². The Labute approximate surface area is 112 Å². The predicted molar refractivity (Wildman–Crippen MR) is 79.1 cm³/mol. The summed E-state index contributed by atoms with van der Waals surface area (Å²) in [5, 5.41) is 3.14. The van der Waals surface area contributed by atoms with Crippen molar-refractivity contribution in [2.75, 3.05) is 12.4 Å². The Morgan fingerprint density at radius 1 is 1.06 bits per heavy atom. The van der Waals surface area contributed by atoms with E-state index in [9.17, 15) is 0 Å². The molecule has 0 unspecified atom stereocenters. The molecule has 3 nitrogen and oxygen atoms in total. The second-order valence-corrected chi connectivity index (χ2v) is 5.12.